The second-order valence-electron chi connectivity index (χ2n) is 11.0. The highest BCUT2D eigenvalue weighted by Crippen LogP contribution is 2.50. The molecule has 2 saturated carbocycles. The van der Waals surface area contributed by atoms with Crippen LogP contribution in [0.1, 0.15) is 89.0 Å². The summed E-state index contributed by atoms with van der Waals surface area (Å²) in [5, 5.41) is 3.09. The molecule has 0 spiro atoms. The quantitative estimate of drug-likeness (QED) is 0.244. The minimum absolute atomic E-state index is 0.0262. The van der Waals surface area contributed by atoms with Crippen molar-refractivity contribution in [3.8, 4) is 11.5 Å². The third-order valence-corrected chi connectivity index (χ3v) is 8.09. The van der Waals surface area contributed by atoms with Crippen LogP contribution in [0, 0.1) is 0 Å². The summed E-state index contributed by atoms with van der Waals surface area (Å²) >= 11 is 0. The maximum Gasteiger partial charge on any atom is 0.318 e. The molecule has 2 amide bonds. The lowest BCUT2D eigenvalue weighted by atomic mass is 9.71. The molecule has 1 atom stereocenters. The molecule has 2 aliphatic rings. The van der Waals surface area contributed by atoms with Crippen molar-refractivity contribution in [2.75, 3.05) is 33.0 Å². The second-order valence-corrected chi connectivity index (χ2v) is 11.0. The monoisotopic (exact) mass is 566 g/mol. The zero-order valence-corrected chi connectivity index (χ0v) is 25.2. The molecule has 2 aliphatic carbocycles. The van der Waals surface area contributed by atoms with E-state index in [1.165, 1.54) is 0 Å². The number of hydrogen-bond donors (Lipinski definition) is 1. The molecule has 0 aliphatic heterocycles. The van der Waals surface area contributed by atoms with Crippen LogP contribution < -0.4 is 14.8 Å². The molecule has 4 rings (SSSR count). The molecule has 2 aromatic carbocycles. The first-order valence-corrected chi connectivity index (χ1v) is 15.1. The molecule has 2 fully saturated rings. The highest BCUT2D eigenvalue weighted by molar-refractivity contribution is 5.92. The third kappa shape index (κ3) is 7.60. The zero-order valence-electron chi connectivity index (χ0n) is 25.2. The van der Waals surface area contributed by atoms with Crippen LogP contribution in [-0.4, -0.2) is 61.3 Å². The smallest absolute Gasteiger partial charge is 0.318 e. The lowest BCUT2D eigenvalue weighted by Crippen LogP contribution is -2.66. The molecule has 0 radical (unpaired) electrons. The minimum atomic E-state index is -0.914. The maximum atomic E-state index is 13.9. The van der Waals surface area contributed by atoms with Gasteiger partial charge in [-0.2, -0.15) is 0 Å². The van der Waals surface area contributed by atoms with Gasteiger partial charge in [-0.15, -0.1) is 0 Å². The van der Waals surface area contributed by atoms with Crippen LogP contribution in [0.3, 0.4) is 0 Å². The fourth-order valence-corrected chi connectivity index (χ4v) is 5.59. The highest BCUT2D eigenvalue weighted by Gasteiger charge is 2.50. The van der Waals surface area contributed by atoms with Crippen molar-refractivity contribution in [3.63, 3.8) is 0 Å². The molecule has 224 valence electrons. The average molecular weight is 567 g/mol. The van der Waals surface area contributed by atoms with Gasteiger partial charge in [0.25, 0.3) is 0 Å². The van der Waals surface area contributed by atoms with Crippen LogP contribution in [0.25, 0.3) is 0 Å². The number of benzene rings is 2. The number of ketones is 1. The molecular formula is C33H46N2O6. The number of Topliss-reactive ketones (excluding diaryl/α,β-unsaturated/α-hetero) is 1. The van der Waals surface area contributed by atoms with Crippen molar-refractivity contribution in [2.24, 2.45) is 0 Å². The van der Waals surface area contributed by atoms with Crippen molar-refractivity contribution >= 4 is 11.8 Å². The Labute approximate surface area is 244 Å². The largest absolute Gasteiger partial charge is 0.493 e. The van der Waals surface area contributed by atoms with Gasteiger partial charge in [0.05, 0.1) is 38.6 Å². The van der Waals surface area contributed by atoms with Gasteiger partial charge in [0.2, 0.25) is 0 Å². The van der Waals surface area contributed by atoms with Gasteiger partial charge >= 0.3 is 6.03 Å². The molecule has 0 saturated heterocycles. The van der Waals surface area contributed by atoms with Gasteiger partial charge in [-0.3, -0.25) is 4.79 Å². The summed E-state index contributed by atoms with van der Waals surface area (Å²) < 4.78 is 23.9. The van der Waals surface area contributed by atoms with Crippen LogP contribution >= 0.6 is 0 Å². The van der Waals surface area contributed by atoms with E-state index in [1.54, 1.807) is 11.8 Å². The van der Waals surface area contributed by atoms with E-state index in [0.29, 0.717) is 58.3 Å². The van der Waals surface area contributed by atoms with Gasteiger partial charge in [0.15, 0.2) is 5.78 Å². The van der Waals surface area contributed by atoms with Gasteiger partial charge in [-0.1, -0.05) is 30.3 Å². The summed E-state index contributed by atoms with van der Waals surface area (Å²) in [6.07, 6.45) is 3.18. The van der Waals surface area contributed by atoms with Crippen molar-refractivity contribution in [2.45, 2.75) is 90.5 Å². The molecular weight excluding hydrogens is 520 g/mol. The Morgan fingerprint density at radius 1 is 1.00 bits per heavy atom. The van der Waals surface area contributed by atoms with Crippen molar-refractivity contribution in [3.05, 3.63) is 59.2 Å². The van der Waals surface area contributed by atoms with Gasteiger partial charge in [-0.05, 0) is 76.6 Å². The predicted octanol–water partition coefficient (Wildman–Crippen LogP) is 6.18. The first kappa shape index (κ1) is 30.8. The van der Waals surface area contributed by atoms with E-state index in [1.807, 2.05) is 70.2 Å². The Morgan fingerprint density at radius 3 is 2.17 bits per heavy atom. The Hall–Kier alpha value is -3.10. The van der Waals surface area contributed by atoms with E-state index >= 15 is 0 Å². The Balaban J connectivity index is 1.57. The first-order valence-electron chi connectivity index (χ1n) is 15.1. The summed E-state index contributed by atoms with van der Waals surface area (Å²) in [5.74, 6) is 2.03. The summed E-state index contributed by atoms with van der Waals surface area (Å²) in [5.41, 5.74) is 2.20. The van der Waals surface area contributed by atoms with E-state index in [-0.39, 0.29) is 24.0 Å². The lowest BCUT2D eigenvalue weighted by molar-refractivity contribution is -0.134. The molecule has 0 aromatic heterocycles. The fourth-order valence-electron chi connectivity index (χ4n) is 5.59. The van der Waals surface area contributed by atoms with Gasteiger partial charge in [0, 0.05) is 31.6 Å². The normalized spacial score (nSPS) is 20.6. The summed E-state index contributed by atoms with van der Waals surface area (Å²) in [6.45, 7) is 12.2. The SMILES string of the molecule is CCOc1cc(C(C)N(CCOCc2ccccc2)C(=O)NC2(C(C)=O)CC(OCC)C2)cc(OCC)c1C1CC1. The predicted molar refractivity (Wildman–Crippen MR) is 159 cm³/mol. The highest BCUT2D eigenvalue weighted by atomic mass is 16.5. The summed E-state index contributed by atoms with van der Waals surface area (Å²) in [4.78, 5) is 28.4. The van der Waals surface area contributed by atoms with Crippen LogP contribution in [-0.2, 0) is 20.9 Å². The van der Waals surface area contributed by atoms with Crippen molar-refractivity contribution in [1.29, 1.82) is 0 Å². The van der Waals surface area contributed by atoms with Gasteiger partial charge in [-0.25, -0.2) is 4.79 Å². The standard InChI is InChI=1S/C33H46N2O6/c1-6-39-28-20-33(21-28,24(5)36)34-32(37)35(16-17-38-22-25-12-10-9-11-13-25)23(4)27-18-29(40-7-2)31(26-14-15-26)30(19-27)41-8-3/h9-13,18-19,23,26,28H,6-8,14-17,20-22H2,1-5H3,(H,34,37). The third-order valence-electron chi connectivity index (χ3n) is 8.09. The van der Waals surface area contributed by atoms with E-state index in [0.717, 1.165) is 41.0 Å². The Kier molecular flexibility index (Phi) is 10.7. The number of urea groups is 1. The fraction of sp³-hybridized carbons (Fsp3) is 0.576. The number of nitrogens with one attached hydrogen (secondary N) is 1. The number of amides is 2. The second kappa shape index (κ2) is 14.2. The first-order chi connectivity index (χ1) is 19.8. The van der Waals surface area contributed by atoms with Crippen LogP contribution in [0.4, 0.5) is 4.79 Å². The summed E-state index contributed by atoms with van der Waals surface area (Å²) in [6, 6.07) is 13.4. The minimum Gasteiger partial charge on any atom is -0.493 e. The van der Waals surface area contributed by atoms with E-state index in [4.69, 9.17) is 18.9 Å². The van der Waals surface area contributed by atoms with Crippen LogP contribution in [0.2, 0.25) is 0 Å². The van der Waals surface area contributed by atoms with Crippen molar-refractivity contribution in [1.82, 2.24) is 10.2 Å². The Morgan fingerprint density at radius 2 is 1.63 bits per heavy atom. The number of carbonyl (C=O) groups is 2. The number of nitrogens with zero attached hydrogens (tertiary/aromatic N) is 1. The molecule has 0 bridgehead atoms. The van der Waals surface area contributed by atoms with E-state index in [9.17, 15) is 9.59 Å². The van der Waals surface area contributed by atoms with E-state index in [2.05, 4.69) is 5.32 Å². The zero-order chi connectivity index (χ0) is 29.4. The summed E-state index contributed by atoms with van der Waals surface area (Å²) in [7, 11) is 0. The molecule has 8 heteroatoms. The number of carbonyl (C=O) groups excluding carboxylic acids is 2. The van der Waals surface area contributed by atoms with Crippen molar-refractivity contribution < 1.29 is 28.5 Å². The van der Waals surface area contributed by atoms with Gasteiger partial charge < -0.3 is 29.2 Å². The average Bonchev–Trinajstić information content (AvgIpc) is 3.77. The number of hydrogen-bond acceptors (Lipinski definition) is 6. The Bertz CT molecular complexity index is 1130. The van der Waals surface area contributed by atoms with Gasteiger partial charge in [0.1, 0.15) is 17.0 Å². The number of ether oxygens (including phenoxy) is 4. The topological polar surface area (TPSA) is 86.3 Å². The molecule has 0 heterocycles. The van der Waals surface area contributed by atoms with Crippen LogP contribution in [0.5, 0.6) is 11.5 Å². The molecule has 1 N–H and O–H groups in total. The molecule has 2 aromatic rings. The molecule has 8 nitrogen and oxygen atoms in total. The number of rotatable bonds is 16. The molecule has 1 unspecified atom stereocenters. The maximum absolute atomic E-state index is 13.9. The van der Waals surface area contributed by atoms with E-state index < -0.39 is 5.54 Å². The molecule has 41 heavy (non-hydrogen) atoms. The van der Waals surface area contributed by atoms with Crippen LogP contribution in [0.15, 0.2) is 42.5 Å². The lowest BCUT2D eigenvalue weighted by Gasteiger charge is -2.47.